The fraction of sp³-hybridized carbons (Fsp3) is 0.222. The Hall–Kier alpha value is -2.30. The molecular formula is C18H13Cl2F3N2O4S. The van der Waals surface area contributed by atoms with Crippen LogP contribution in [-0.4, -0.2) is 30.1 Å². The lowest BCUT2D eigenvalue weighted by atomic mass is 10.2. The van der Waals surface area contributed by atoms with Crippen LogP contribution in [-0.2, 0) is 16.4 Å². The van der Waals surface area contributed by atoms with Crippen LogP contribution in [0.15, 0.2) is 46.3 Å². The molecule has 3 aromatic rings. The first-order valence-electron chi connectivity index (χ1n) is 8.37. The second-order valence-corrected chi connectivity index (χ2v) is 9.27. The number of sulfone groups is 1. The van der Waals surface area contributed by atoms with Gasteiger partial charge in [0.15, 0.2) is 9.84 Å². The molecule has 0 saturated carbocycles. The van der Waals surface area contributed by atoms with Crippen molar-refractivity contribution >= 4 is 43.9 Å². The Morgan fingerprint density at radius 1 is 1.17 bits per heavy atom. The molecule has 0 spiro atoms. The summed E-state index contributed by atoms with van der Waals surface area (Å²) in [6.07, 6.45) is -3.84. The molecule has 1 aromatic heterocycles. The molecule has 30 heavy (non-hydrogen) atoms. The molecule has 0 N–H and O–H groups in total. The standard InChI is InChI=1S/C18H13Cl2F3N2O4S/c1-2-30(27,28)15-4-3-11(19)5-10(15)8-25-9-24-16-13(17(25)26)6-12(7-14(16)20)29-18(21,22)23/h3-7,9H,2,8H2,1H3. The summed E-state index contributed by atoms with van der Waals surface area (Å²) in [5.74, 6) is -0.839. The van der Waals surface area contributed by atoms with E-state index in [2.05, 4.69) is 9.72 Å². The zero-order chi connectivity index (χ0) is 22.3. The molecule has 2 aromatic carbocycles. The molecule has 0 fully saturated rings. The first-order valence-corrected chi connectivity index (χ1v) is 10.8. The zero-order valence-electron chi connectivity index (χ0n) is 15.2. The third-order valence-corrected chi connectivity index (χ3v) is 6.52. The predicted octanol–water partition coefficient (Wildman–Crippen LogP) is 4.44. The maximum atomic E-state index is 12.9. The van der Waals surface area contributed by atoms with Crippen LogP contribution in [0.2, 0.25) is 10.0 Å². The molecule has 0 amide bonds. The minimum atomic E-state index is -4.97. The van der Waals surface area contributed by atoms with Crippen molar-refractivity contribution in [3.8, 4) is 5.75 Å². The molecule has 0 atom stereocenters. The molecule has 12 heteroatoms. The maximum Gasteiger partial charge on any atom is 0.573 e. The van der Waals surface area contributed by atoms with Gasteiger partial charge in [0.25, 0.3) is 5.56 Å². The molecule has 0 radical (unpaired) electrons. The first-order chi connectivity index (χ1) is 13.9. The number of ether oxygens (including phenoxy) is 1. The van der Waals surface area contributed by atoms with Crippen molar-refractivity contribution in [1.82, 2.24) is 9.55 Å². The highest BCUT2D eigenvalue weighted by Crippen LogP contribution is 2.30. The third kappa shape index (κ3) is 4.71. The van der Waals surface area contributed by atoms with Gasteiger partial charge in [0, 0.05) is 11.1 Å². The summed E-state index contributed by atoms with van der Waals surface area (Å²) in [5, 5.41) is -0.162. The van der Waals surface area contributed by atoms with Crippen LogP contribution in [0.1, 0.15) is 12.5 Å². The average molecular weight is 481 g/mol. The van der Waals surface area contributed by atoms with Gasteiger partial charge in [0.05, 0.1) is 39.4 Å². The number of halogens is 5. The summed E-state index contributed by atoms with van der Waals surface area (Å²) in [4.78, 5) is 16.9. The molecule has 3 rings (SSSR count). The lowest BCUT2D eigenvalue weighted by Gasteiger charge is -2.13. The molecule has 0 unspecified atom stereocenters. The highest BCUT2D eigenvalue weighted by molar-refractivity contribution is 7.91. The summed E-state index contributed by atoms with van der Waals surface area (Å²) in [6.45, 7) is 1.25. The van der Waals surface area contributed by atoms with Gasteiger partial charge in [0.1, 0.15) is 5.75 Å². The summed E-state index contributed by atoms with van der Waals surface area (Å²) in [5.41, 5.74) is -0.504. The van der Waals surface area contributed by atoms with Crippen LogP contribution in [0, 0.1) is 0 Å². The number of alkyl halides is 3. The van der Waals surface area contributed by atoms with Crippen LogP contribution in [0.4, 0.5) is 13.2 Å². The number of fused-ring (bicyclic) bond motifs is 1. The Morgan fingerprint density at radius 2 is 1.87 bits per heavy atom. The highest BCUT2D eigenvalue weighted by Gasteiger charge is 2.31. The molecule has 0 aliphatic rings. The minimum absolute atomic E-state index is 0.00594. The number of aromatic nitrogens is 2. The van der Waals surface area contributed by atoms with E-state index >= 15 is 0 Å². The van der Waals surface area contributed by atoms with Gasteiger partial charge in [-0.05, 0) is 29.8 Å². The zero-order valence-corrected chi connectivity index (χ0v) is 17.5. The minimum Gasteiger partial charge on any atom is -0.406 e. The number of hydrogen-bond acceptors (Lipinski definition) is 5. The van der Waals surface area contributed by atoms with Crippen molar-refractivity contribution in [2.75, 3.05) is 5.75 Å². The van der Waals surface area contributed by atoms with E-state index in [1.165, 1.54) is 25.1 Å². The number of nitrogens with zero attached hydrogens (tertiary/aromatic N) is 2. The van der Waals surface area contributed by atoms with E-state index in [4.69, 9.17) is 23.2 Å². The van der Waals surface area contributed by atoms with Crippen molar-refractivity contribution in [1.29, 1.82) is 0 Å². The topological polar surface area (TPSA) is 78.3 Å². The Bertz CT molecular complexity index is 1290. The second-order valence-electron chi connectivity index (χ2n) is 6.18. The quantitative estimate of drug-likeness (QED) is 0.539. The van der Waals surface area contributed by atoms with Gasteiger partial charge in [-0.2, -0.15) is 0 Å². The Kier molecular flexibility index (Phi) is 6.03. The number of benzene rings is 2. The van der Waals surface area contributed by atoms with Crippen molar-refractivity contribution in [2.24, 2.45) is 0 Å². The molecule has 6 nitrogen and oxygen atoms in total. The summed E-state index contributed by atoms with van der Waals surface area (Å²) >= 11 is 11.9. The van der Waals surface area contributed by atoms with Gasteiger partial charge in [-0.1, -0.05) is 30.1 Å². The molecular weight excluding hydrogens is 468 g/mol. The van der Waals surface area contributed by atoms with Gasteiger partial charge in [-0.15, -0.1) is 13.2 Å². The Balaban J connectivity index is 2.14. The van der Waals surface area contributed by atoms with Crippen LogP contribution >= 0.6 is 23.2 Å². The van der Waals surface area contributed by atoms with E-state index in [0.717, 1.165) is 23.0 Å². The normalized spacial score (nSPS) is 12.3. The van der Waals surface area contributed by atoms with E-state index in [9.17, 15) is 26.4 Å². The molecule has 0 aliphatic carbocycles. The fourth-order valence-electron chi connectivity index (χ4n) is 2.82. The third-order valence-electron chi connectivity index (χ3n) is 4.17. The van der Waals surface area contributed by atoms with Gasteiger partial charge in [0.2, 0.25) is 0 Å². The van der Waals surface area contributed by atoms with Gasteiger partial charge >= 0.3 is 6.36 Å². The Labute approximate surface area is 178 Å². The highest BCUT2D eigenvalue weighted by atomic mass is 35.5. The van der Waals surface area contributed by atoms with Crippen LogP contribution in [0.5, 0.6) is 5.75 Å². The van der Waals surface area contributed by atoms with E-state index in [-0.39, 0.29) is 43.7 Å². The number of hydrogen-bond donors (Lipinski definition) is 0. The van der Waals surface area contributed by atoms with Crippen molar-refractivity contribution in [3.63, 3.8) is 0 Å². The number of rotatable bonds is 5. The largest absolute Gasteiger partial charge is 0.573 e. The molecule has 160 valence electrons. The van der Waals surface area contributed by atoms with Crippen LogP contribution < -0.4 is 10.3 Å². The lowest BCUT2D eigenvalue weighted by molar-refractivity contribution is -0.274. The van der Waals surface area contributed by atoms with Gasteiger partial charge in [-0.25, -0.2) is 13.4 Å². The van der Waals surface area contributed by atoms with E-state index in [1.807, 2.05) is 0 Å². The first kappa shape index (κ1) is 22.4. The second kappa shape index (κ2) is 8.09. The van der Waals surface area contributed by atoms with Crippen molar-refractivity contribution in [2.45, 2.75) is 24.7 Å². The van der Waals surface area contributed by atoms with Crippen molar-refractivity contribution < 1.29 is 26.3 Å². The monoisotopic (exact) mass is 480 g/mol. The average Bonchev–Trinajstić information content (AvgIpc) is 2.63. The smallest absolute Gasteiger partial charge is 0.406 e. The molecule has 1 heterocycles. The summed E-state index contributed by atoms with van der Waals surface area (Å²) < 4.78 is 67.2. The SMILES string of the molecule is CCS(=O)(=O)c1ccc(Cl)cc1Cn1cnc2c(Cl)cc(OC(F)(F)F)cc2c1=O. The van der Waals surface area contributed by atoms with Gasteiger partial charge < -0.3 is 4.74 Å². The van der Waals surface area contributed by atoms with Crippen LogP contribution in [0.25, 0.3) is 10.9 Å². The predicted molar refractivity (Wildman–Crippen MR) is 106 cm³/mol. The van der Waals surface area contributed by atoms with Gasteiger partial charge in [-0.3, -0.25) is 9.36 Å². The maximum absolute atomic E-state index is 12.9. The Morgan fingerprint density at radius 3 is 2.50 bits per heavy atom. The molecule has 0 aliphatic heterocycles. The van der Waals surface area contributed by atoms with Crippen LogP contribution in [0.3, 0.4) is 0 Å². The molecule has 0 saturated heterocycles. The summed E-state index contributed by atoms with van der Waals surface area (Å²) in [6, 6.07) is 5.92. The van der Waals surface area contributed by atoms with E-state index in [1.54, 1.807) is 0 Å². The van der Waals surface area contributed by atoms with E-state index in [0.29, 0.717) is 0 Å². The van der Waals surface area contributed by atoms with Crippen molar-refractivity contribution in [3.05, 3.63) is 62.6 Å². The summed E-state index contributed by atoms with van der Waals surface area (Å²) in [7, 11) is -3.62. The lowest BCUT2D eigenvalue weighted by Crippen LogP contribution is -2.23. The van der Waals surface area contributed by atoms with E-state index < -0.39 is 27.5 Å². The fourth-order valence-corrected chi connectivity index (χ4v) is 4.38. The molecule has 0 bridgehead atoms.